The number of rotatable bonds is 5. The first-order valence-corrected chi connectivity index (χ1v) is 8.66. The van der Waals surface area contributed by atoms with Gasteiger partial charge in [0.15, 0.2) is 0 Å². The van der Waals surface area contributed by atoms with Crippen molar-refractivity contribution in [1.29, 1.82) is 0 Å². The van der Waals surface area contributed by atoms with Crippen LogP contribution in [0.3, 0.4) is 0 Å². The third-order valence-electron chi connectivity index (χ3n) is 5.09. The molecule has 1 saturated carbocycles. The molecule has 25 heavy (non-hydrogen) atoms. The molecule has 2 aliphatic carbocycles. The molecule has 0 saturated heterocycles. The van der Waals surface area contributed by atoms with Crippen LogP contribution < -0.4 is 0 Å². The van der Waals surface area contributed by atoms with E-state index in [0.29, 0.717) is 18.1 Å². The Morgan fingerprint density at radius 1 is 1.36 bits per heavy atom. The SMILES string of the molecule is CCOC1=CC2CC2(n2ccc(-c3cccc(C(=O)O)c3)c2)C=CC1. The van der Waals surface area contributed by atoms with Crippen LogP contribution in [0.1, 0.15) is 30.1 Å². The molecule has 0 amide bonds. The van der Waals surface area contributed by atoms with Gasteiger partial charge in [-0.1, -0.05) is 24.3 Å². The molecule has 1 heterocycles. The second-order valence-corrected chi connectivity index (χ2v) is 6.67. The zero-order chi connectivity index (χ0) is 17.4. The molecule has 2 aliphatic rings. The van der Waals surface area contributed by atoms with Crippen molar-refractivity contribution in [2.75, 3.05) is 6.61 Å². The third-order valence-corrected chi connectivity index (χ3v) is 5.09. The van der Waals surface area contributed by atoms with E-state index in [9.17, 15) is 9.90 Å². The fourth-order valence-electron chi connectivity index (χ4n) is 3.69. The molecule has 4 nitrogen and oxygen atoms in total. The van der Waals surface area contributed by atoms with Crippen molar-refractivity contribution >= 4 is 5.97 Å². The van der Waals surface area contributed by atoms with E-state index < -0.39 is 5.97 Å². The highest BCUT2D eigenvalue weighted by atomic mass is 16.5. The monoisotopic (exact) mass is 335 g/mol. The lowest BCUT2D eigenvalue weighted by atomic mass is 10.1. The smallest absolute Gasteiger partial charge is 0.335 e. The van der Waals surface area contributed by atoms with Crippen LogP contribution in [0, 0.1) is 5.92 Å². The summed E-state index contributed by atoms with van der Waals surface area (Å²) in [5, 5.41) is 9.18. The number of fused-ring (bicyclic) bond motifs is 1. The molecule has 128 valence electrons. The summed E-state index contributed by atoms with van der Waals surface area (Å²) in [6.45, 7) is 2.71. The van der Waals surface area contributed by atoms with Gasteiger partial charge in [-0.15, -0.1) is 0 Å². The van der Waals surface area contributed by atoms with Crippen LogP contribution in [-0.2, 0) is 10.3 Å². The maximum absolute atomic E-state index is 11.2. The summed E-state index contributed by atoms with van der Waals surface area (Å²) >= 11 is 0. The van der Waals surface area contributed by atoms with Gasteiger partial charge in [-0.25, -0.2) is 4.79 Å². The van der Waals surface area contributed by atoms with Crippen LogP contribution in [0.2, 0.25) is 0 Å². The van der Waals surface area contributed by atoms with Gasteiger partial charge in [-0.05, 0) is 48.7 Å². The van der Waals surface area contributed by atoms with Gasteiger partial charge >= 0.3 is 5.97 Å². The van der Waals surface area contributed by atoms with Crippen molar-refractivity contribution in [3.63, 3.8) is 0 Å². The zero-order valence-electron chi connectivity index (χ0n) is 14.2. The Kier molecular flexibility index (Phi) is 3.75. The summed E-state index contributed by atoms with van der Waals surface area (Å²) in [4.78, 5) is 11.2. The van der Waals surface area contributed by atoms with Crippen LogP contribution in [0.5, 0.6) is 0 Å². The maximum atomic E-state index is 11.2. The molecule has 0 bridgehead atoms. The van der Waals surface area contributed by atoms with Gasteiger partial charge in [0.2, 0.25) is 0 Å². The number of carboxylic acid groups (broad SMARTS) is 1. The summed E-state index contributed by atoms with van der Waals surface area (Å²) < 4.78 is 7.95. The second kappa shape index (κ2) is 5.96. The lowest BCUT2D eigenvalue weighted by molar-refractivity contribution is 0.0697. The van der Waals surface area contributed by atoms with E-state index >= 15 is 0 Å². The Morgan fingerprint density at radius 2 is 2.24 bits per heavy atom. The summed E-state index contributed by atoms with van der Waals surface area (Å²) in [7, 11) is 0. The molecule has 1 aromatic heterocycles. The largest absolute Gasteiger partial charge is 0.498 e. The van der Waals surface area contributed by atoms with Gasteiger partial charge in [0.25, 0.3) is 0 Å². The summed E-state index contributed by atoms with van der Waals surface area (Å²) in [5.41, 5.74) is 2.28. The van der Waals surface area contributed by atoms with E-state index in [1.54, 1.807) is 18.2 Å². The van der Waals surface area contributed by atoms with Crippen molar-refractivity contribution in [3.8, 4) is 11.1 Å². The van der Waals surface area contributed by atoms with Crippen LogP contribution >= 0.6 is 0 Å². The Balaban J connectivity index is 1.63. The number of carboxylic acids is 1. The van der Waals surface area contributed by atoms with Crippen LogP contribution in [0.25, 0.3) is 11.1 Å². The Labute approximate surface area is 147 Å². The minimum Gasteiger partial charge on any atom is -0.498 e. The van der Waals surface area contributed by atoms with Gasteiger partial charge in [0.1, 0.15) is 0 Å². The molecule has 4 rings (SSSR count). The first kappa shape index (κ1) is 15.8. The number of hydrogen-bond donors (Lipinski definition) is 1. The molecule has 0 aliphatic heterocycles. The number of hydrogen-bond acceptors (Lipinski definition) is 2. The van der Waals surface area contributed by atoms with Gasteiger partial charge in [0.05, 0.1) is 23.5 Å². The number of ether oxygens (including phenoxy) is 1. The number of allylic oxidation sites excluding steroid dienone is 3. The number of aromatic nitrogens is 1. The number of benzene rings is 1. The summed E-state index contributed by atoms with van der Waals surface area (Å²) in [6.07, 6.45) is 12.9. The molecule has 0 spiro atoms. The Morgan fingerprint density at radius 3 is 3.04 bits per heavy atom. The molecular formula is C21H21NO3. The molecule has 2 aromatic rings. The molecule has 1 aromatic carbocycles. The predicted molar refractivity (Wildman–Crippen MR) is 96.4 cm³/mol. The lowest BCUT2D eigenvalue weighted by Crippen LogP contribution is -2.14. The molecule has 4 heteroatoms. The van der Waals surface area contributed by atoms with E-state index in [4.69, 9.17) is 4.74 Å². The van der Waals surface area contributed by atoms with Gasteiger partial charge in [0, 0.05) is 24.7 Å². The van der Waals surface area contributed by atoms with Crippen molar-refractivity contribution in [2.45, 2.75) is 25.3 Å². The normalized spacial score (nSPS) is 24.2. The molecular weight excluding hydrogens is 314 g/mol. The third kappa shape index (κ3) is 2.78. The van der Waals surface area contributed by atoms with Crippen molar-refractivity contribution in [3.05, 3.63) is 72.3 Å². The molecule has 0 radical (unpaired) electrons. The first-order valence-electron chi connectivity index (χ1n) is 8.66. The number of carbonyl (C=O) groups is 1. The Bertz CT molecular complexity index is 877. The summed E-state index contributed by atoms with van der Waals surface area (Å²) in [6, 6.07) is 9.13. The Hall–Kier alpha value is -2.75. The molecule has 2 unspecified atom stereocenters. The minimum atomic E-state index is -0.901. The molecule has 1 N–H and O–H groups in total. The molecule has 1 fully saturated rings. The van der Waals surface area contributed by atoms with Crippen LogP contribution in [0.15, 0.2) is 66.7 Å². The first-order chi connectivity index (χ1) is 12.1. The van der Waals surface area contributed by atoms with E-state index in [1.165, 1.54) is 0 Å². The quantitative estimate of drug-likeness (QED) is 0.821. The van der Waals surface area contributed by atoms with Crippen LogP contribution in [0.4, 0.5) is 0 Å². The van der Waals surface area contributed by atoms with E-state index in [2.05, 4.69) is 41.3 Å². The molecule has 2 atom stereocenters. The predicted octanol–water partition coefficient (Wildman–Crippen LogP) is 4.45. The fourth-order valence-corrected chi connectivity index (χ4v) is 3.69. The van der Waals surface area contributed by atoms with Gasteiger partial charge in [-0.3, -0.25) is 0 Å². The zero-order valence-corrected chi connectivity index (χ0v) is 14.2. The van der Waals surface area contributed by atoms with E-state index in [-0.39, 0.29) is 5.54 Å². The fraction of sp³-hybridized carbons (Fsp3) is 0.286. The number of aromatic carboxylic acids is 1. The van der Waals surface area contributed by atoms with E-state index in [1.807, 2.05) is 13.0 Å². The van der Waals surface area contributed by atoms with Gasteiger partial charge in [-0.2, -0.15) is 0 Å². The average molecular weight is 335 g/mol. The summed E-state index contributed by atoms with van der Waals surface area (Å²) in [5.74, 6) is 0.616. The van der Waals surface area contributed by atoms with Gasteiger partial charge < -0.3 is 14.4 Å². The average Bonchev–Trinajstić information content (AvgIpc) is 3.11. The minimum absolute atomic E-state index is 0.00150. The van der Waals surface area contributed by atoms with E-state index in [0.717, 1.165) is 29.7 Å². The second-order valence-electron chi connectivity index (χ2n) is 6.67. The topological polar surface area (TPSA) is 51.5 Å². The maximum Gasteiger partial charge on any atom is 0.335 e. The highest BCUT2D eigenvalue weighted by Gasteiger charge is 2.53. The van der Waals surface area contributed by atoms with Crippen molar-refractivity contribution < 1.29 is 14.6 Å². The highest BCUT2D eigenvalue weighted by Crippen LogP contribution is 2.54. The number of nitrogens with zero attached hydrogens (tertiary/aromatic N) is 1. The van der Waals surface area contributed by atoms with Crippen LogP contribution in [-0.4, -0.2) is 22.2 Å². The van der Waals surface area contributed by atoms with Crippen molar-refractivity contribution in [1.82, 2.24) is 4.57 Å². The highest BCUT2D eigenvalue weighted by molar-refractivity contribution is 5.89. The standard InChI is InChI=1S/C21H21NO3/c1-2-25-19-7-4-9-21(13-18(21)12-19)22-10-8-17(14-22)15-5-3-6-16(11-15)20(23)24/h3-6,8-12,14,18H,2,7,13H2,1H3,(H,23,24). The lowest BCUT2D eigenvalue weighted by Gasteiger charge is -2.14. The van der Waals surface area contributed by atoms with Crippen molar-refractivity contribution in [2.24, 2.45) is 5.92 Å².